The molecule has 0 radical (unpaired) electrons. The first-order valence-electron chi connectivity index (χ1n) is 10.9. The van der Waals surface area contributed by atoms with E-state index in [9.17, 15) is 14.4 Å². The van der Waals surface area contributed by atoms with Crippen LogP contribution in [-0.4, -0.2) is 49.1 Å². The van der Waals surface area contributed by atoms with Crippen LogP contribution >= 0.6 is 0 Å². The molecule has 7 nitrogen and oxygen atoms in total. The molecule has 1 atom stereocenters. The van der Waals surface area contributed by atoms with E-state index in [4.69, 9.17) is 4.74 Å². The third-order valence-corrected chi connectivity index (χ3v) is 6.10. The Morgan fingerprint density at radius 1 is 1.17 bits per heavy atom. The van der Waals surface area contributed by atoms with E-state index in [1.54, 1.807) is 0 Å². The monoisotopic (exact) mass is 413 g/mol. The first-order valence-corrected chi connectivity index (χ1v) is 10.9. The van der Waals surface area contributed by atoms with Gasteiger partial charge in [-0.2, -0.15) is 0 Å². The maximum Gasteiger partial charge on any atom is 0.306 e. The lowest BCUT2D eigenvalue weighted by Gasteiger charge is -2.42. The lowest BCUT2D eigenvalue weighted by molar-refractivity contribution is -0.155. The van der Waals surface area contributed by atoms with E-state index in [0.717, 1.165) is 38.2 Å². The molecular formula is C23H31N3O4. The Labute approximate surface area is 177 Å². The smallest absolute Gasteiger partial charge is 0.306 e. The summed E-state index contributed by atoms with van der Waals surface area (Å²) in [5.41, 5.74) is 3.20. The van der Waals surface area contributed by atoms with Gasteiger partial charge >= 0.3 is 5.97 Å². The zero-order chi connectivity index (χ0) is 21.5. The molecule has 3 heterocycles. The number of fused-ring (bicyclic) bond motifs is 1. The summed E-state index contributed by atoms with van der Waals surface area (Å²) in [6.07, 6.45) is 3.19. The summed E-state index contributed by atoms with van der Waals surface area (Å²) in [7, 11) is 0. The highest BCUT2D eigenvalue weighted by molar-refractivity contribution is 6.02. The van der Waals surface area contributed by atoms with Crippen molar-refractivity contribution >= 4 is 29.2 Å². The van der Waals surface area contributed by atoms with Crippen LogP contribution in [0.4, 0.5) is 11.4 Å². The summed E-state index contributed by atoms with van der Waals surface area (Å²) in [6, 6.07) is 6.01. The molecule has 0 aromatic heterocycles. The fourth-order valence-electron chi connectivity index (χ4n) is 4.70. The van der Waals surface area contributed by atoms with Crippen LogP contribution in [0.3, 0.4) is 0 Å². The minimum Gasteiger partial charge on any atom is -0.460 e. The lowest BCUT2D eigenvalue weighted by Crippen LogP contribution is -2.52. The Balaban J connectivity index is 1.35. The van der Waals surface area contributed by atoms with Crippen molar-refractivity contribution in [3.8, 4) is 0 Å². The van der Waals surface area contributed by atoms with E-state index in [2.05, 4.69) is 27.2 Å². The molecule has 0 spiro atoms. The molecule has 2 amide bonds. The van der Waals surface area contributed by atoms with E-state index in [-0.39, 0.29) is 23.8 Å². The second-order valence-corrected chi connectivity index (χ2v) is 9.58. The van der Waals surface area contributed by atoms with Crippen LogP contribution in [0.2, 0.25) is 0 Å². The van der Waals surface area contributed by atoms with Crippen molar-refractivity contribution in [3.63, 3.8) is 0 Å². The Morgan fingerprint density at radius 3 is 2.60 bits per heavy atom. The molecule has 7 heteroatoms. The standard InChI is InChI=1S/C23H31N3O4/c1-23(2,3)30-21(28)10-7-15-13-25(14-15)17-5-4-6-18-16(17)11-12-26(18)19-8-9-20(27)24-22(19)29/h4-6,15,19H,7-14H2,1-3H3,(H,24,27,29)/t19-/m1/s1. The molecule has 1 N–H and O–H groups in total. The van der Waals surface area contributed by atoms with Gasteiger partial charge in [-0.15, -0.1) is 0 Å². The molecule has 3 aliphatic rings. The highest BCUT2D eigenvalue weighted by Gasteiger charge is 2.37. The number of hydrogen-bond donors (Lipinski definition) is 1. The van der Waals surface area contributed by atoms with Crippen LogP contribution in [0.15, 0.2) is 18.2 Å². The molecule has 0 saturated carbocycles. The van der Waals surface area contributed by atoms with Crippen molar-refractivity contribution in [2.45, 2.75) is 64.5 Å². The summed E-state index contributed by atoms with van der Waals surface area (Å²) in [6.45, 7) is 8.36. The number of amides is 2. The third-order valence-electron chi connectivity index (χ3n) is 6.10. The molecule has 0 unspecified atom stereocenters. The number of rotatable bonds is 5. The molecule has 30 heavy (non-hydrogen) atoms. The fourth-order valence-corrected chi connectivity index (χ4v) is 4.70. The molecule has 4 rings (SSSR count). The number of esters is 1. The van der Waals surface area contributed by atoms with Gasteiger partial charge in [0.1, 0.15) is 11.6 Å². The van der Waals surface area contributed by atoms with Crippen LogP contribution in [0.5, 0.6) is 0 Å². The zero-order valence-corrected chi connectivity index (χ0v) is 18.1. The number of ether oxygens (including phenoxy) is 1. The number of nitrogens with zero attached hydrogens (tertiary/aromatic N) is 2. The summed E-state index contributed by atoms with van der Waals surface area (Å²) in [4.78, 5) is 40.3. The SMILES string of the molecule is CC(C)(C)OC(=O)CCC1CN(c2cccc3c2CCN3[C@@H]2CCC(=O)NC2=O)C1. The summed E-state index contributed by atoms with van der Waals surface area (Å²) >= 11 is 0. The average molecular weight is 414 g/mol. The lowest BCUT2D eigenvalue weighted by atomic mass is 9.92. The van der Waals surface area contributed by atoms with Crippen molar-refractivity contribution in [2.75, 3.05) is 29.4 Å². The average Bonchev–Trinajstić information content (AvgIpc) is 3.03. The number of carbonyl (C=O) groups is 3. The van der Waals surface area contributed by atoms with Gasteiger partial charge in [-0.3, -0.25) is 19.7 Å². The highest BCUT2D eigenvalue weighted by atomic mass is 16.6. The largest absolute Gasteiger partial charge is 0.460 e. The number of carbonyl (C=O) groups excluding carboxylic acids is 3. The van der Waals surface area contributed by atoms with Gasteiger partial charge in [0.15, 0.2) is 0 Å². The minimum atomic E-state index is -0.429. The molecule has 3 aliphatic heterocycles. The van der Waals surface area contributed by atoms with Gasteiger partial charge in [-0.05, 0) is 58.1 Å². The van der Waals surface area contributed by atoms with E-state index in [0.29, 0.717) is 25.2 Å². The Bertz CT molecular complexity index is 854. The molecular weight excluding hydrogens is 382 g/mol. The van der Waals surface area contributed by atoms with Crippen molar-refractivity contribution in [3.05, 3.63) is 23.8 Å². The molecule has 0 aliphatic carbocycles. The second-order valence-electron chi connectivity index (χ2n) is 9.58. The first-order chi connectivity index (χ1) is 14.2. The summed E-state index contributed by atoms with van der Waals surface area (Å²) in [5, 5.41) is 2.47. The minimum absolute atomic E-state index is 0.124. The van der Waals surface area contributed by atoms with Crippen LogP contribution in [0.1, 0.15) is 52.0 Å². The molecule has 2 saturated heterocycles. The Hall–Kier alpha value is -2.57. The second kappa shape index (κ2) is 7.93. The molecule has 2 fully saturated rings. The van der Waals surface area contributed by atoms with E-state index in [1.807, 2.05) is 26.8 Å². The van der Waals surface area contributed by atoms with Gasteiger partial charge in [-0.25, -0.2) is 0 Å². The van der Waals surface area contributed by atoms with Gasteiger partial charge in [-0.1, -0.05) is 6.07 Å². The molecule has 1 aromatic carbocycles. The van der Waals surface area contributed by atoms with Gasteiger partial charge in [0.2, 0.25) is 11.8 Å². The predicted octanol–water partition coefficient (Wildman–Crippen LogP) is 2.41. The van der Waals surface area contributed by atoms with E-state index < -0.39 is 5.60 Å². The van der Waals surface area contributed by atoms with Crippen LogP contribution in [0.25, 0.3) is 0 Å². The third kappa shape index (κ3) is 4.30. The van der Waals surface area contributed by atoms with Gasteiger partial charge in [0, 0.05) is 49.4 Å². The summed E-state index contributed by atoms with van der Waals surface area (Å²) in [5.74, 6) is 0.0144. The van der Waals surface area contributed by atoms with E-state index in [1.165, 1.54) is 11.3 Å². The highest BCUT2D eigenvalue weighted by Crippen LogP contribution is 2.40. The van der Waals surface area contributed by atoms with Crippen molar-refractivity contribution < 1.29 is 19.1 Å². The van der Waals surface area contributed by atoms with Crippen LogP contribution < -0.4 is 15.1 Å². The number of benzene rings is 1. The predicted molar refractivity (Wildman–Crippen MR) is 114 cm³/mol. The van der Waals surface area contributed by atoms with Gasteiger partial charge < -0.3 is 14.5 Å². The van der Waals surface area contributed by atoms with E-state index >= 15 is 0 Å². The topological polar surface area (TPSA) is 79.0 Å². The molecule has 0 bridgehead atoms. The zero-order valence-electron chi connectivity index (χ0n) is 18.1. The van der Waals surface area contributed by atoms with Crippen LogP contribution in [-0.2, 0) is 25.5 Å². The number of imide groups is 1. The number of piperidine rings is 1. The number of nitrogens with one attached hydrogen (secondary N) is 1. The maximum absolute atomic E-state index is 12.3. The maximum atomic E-state index is 12.3. The quantitative estimate of drug-likeness (QED) is 0.590. The number of anilines is 2. The van der Waals surface area contributed by atoms with Crippen LogP contribution in [0, 0.1) is 5.92 Å². The van der Waals surface area contributed by atoms with Crippen molar-refractivity contribution in [1.82, 2.24) is 5.32 Å². The number of hydrogen-bond acceptors (Lipinski definition) is 6. The van der Waals surface area contributed by atoms with Gasteiger partial charge in [0.05, 0.1) is 0 Å². The van der Waals surface area contributed by atoms with Crippen molar-refractivity contribution in [1.29, 1.82) is 0 Å². The van der Waals surface area contributed by atoms with Gasteiger partial charge in [0.25, 0.3) is 0 Å². The first kappa shape index (κ1) is 20.7. The Morgan fingerprint density at radius 2 is 1.90 bits per heavy atom. The fraction of sp³-hybridized carbons (Fsp3) is 0.609. The summed E-state index contributed by atoms with van der Waals surface area (Å²) < 4.78 is 5.40. The molecule has 1 aromatic rings. The molecule has 162 valence electrons. The van der Waals surface area contributed by atoms with Crippen molar-refractivity contribution in [2.24, 2.45) is 5.92 Å². The Kier molecular flexibility index (Phi) is 5.47. The normalized spacial score (nSPS) is 21.9.